The molecule has 3 amide bonds. The number of amides is 3. The number of hydrogen-bond donors (Lipinski definition) is 3. The van der Waals surface area contributed by atoms with Crippen molar-refractivity contribution in [2.75, 3.05) is 30.6 Å². The maximum absolute atomic E-state index is 13.4. The van der Waals surface area contributed by atoms with Crippen LogP contribution < -0.4 is 25.4 Å². The van der Waals surface area contributed by atoms with Crippen molar-refractivity contribution in [3.63, 3.8) is 0 Å². The van der Waals surface area contributed by atoms with Gasteiger partial charge in [0.25, 0.3) is 11.8 Å². The molecule has 0 aliphatic carbocycles. The number of rotatable bonds is 11. The van der Waals surface area contributed by atoms with Gasteiger partial charge in [0.15, 0.2) is 17.3 Å². The average molecular weight is 573 g/mol. The molecule has 0 bridgehead atoms. The van der Waals surface area contributed by atoms with E-state index in [1.165, 1.54) is 26.0 Å². The summed E-state index contributed by atoms with van der Waals surface area (Å²) >= 11 is 1.29. The molecule has 0 saturated heterocycles. The van der Waals surface area contributed by atoms with Gasteiger partial charge in [-0.1, -0.05) is 35.5 Å². The molecule has 210 valence electrons. The van der Waals surface area contributed by atoms with Crippen molar-refractivity contribution >= 4 is 47.1 Å². The minimum atomic E-state index is -0.537. The Bertz CT molecular complexity index is 1570. The van der Waals surface area contributed by atoms with Crippen LogP contribution in [0.3, 0.4) is 0 Å². The molecule has 0 fully saturated rings. The number of carbonyl (C=O) groups is 3. The molecule has 4 aromatic rings. The second-order valence-electron chi connectivity index (χ2n) is 8.63. The molecule has 0 aliphatic rings. The Morgan fingerprint density at radius 3 is 2.39 bits per heavy atom. The molecule has 10 nitrogen and oxygen atoms in total. The van der Waals surface area contributed by atoms with Gasteiger partial charge in [0.2, 0.25) is 5.91 Å². The Morgan fingerprint density at radius 2 is 1.68 bits per heavy atom. The summed E-state index contributed by atoms with van der Waals surface area (Å²) in [7, 11) is 3.04. The fourth-order valence-electron chi connectivity index (χ4n) is 3.67. The van der Waals surface area contributed by atoms with E-state index in [0.717, 1.165) is 4.90 Å². The van der Waals surface area contributed by atoms with Crippen molar-refractivity contribution < 1.29 is 28.4 Å². The molecule has 1 heterocycles. The number of aromatic nitrogens is 1. The highest BCUT2D eigenvalue weighted by molar-refractivity contribution is 8.00. The highest BCUT2D eigenvalue weighted by atomic mass is 32.2. The molecule has 0 saturated carbocycles. The zero-order chi connectivity index (χ0) is 29.2. The van der Waals surface area contributed by atoms with E-state index in [0.29, 0.717) is 39.9 Å². The van der Waals surface area contributed by atoms with E-state index in [1.807, 2.05) is 6.07 Å². The molecule has 0 spiro atoms. The Balaban J connectivity index is 1.50. The van der Waals surface area contributed by atoms with Crippen LogP contribution in [-0.4, -0.2) is 42.9 Å². The van der Waals surface area contributed by atoms with Gasteiger partial charge in [-0.3, -0.25) is 14.4 Å². The van der Waals surface area contributed by atoms with E-state index in [4.69, 9.17) is 14.0 Å². The first-order valence-electron chi connectivity index (χ1n) is 12.4. The maximum atomic E-state index is 13.4. The summed E-state index contributed by atoms with van der Waals surface area (Å²) in [6, 6.07) is 22.4. The second-order valence-corrected chi connectivity index (χ2v) is 9.68. The normalized spacial score (nSPS) is 11.0. The van der Waals surface area contributed by atoms with Crippen LogP contribution in [0.2, 0.25) is 0 Å². The molecular formula is C30H28N4O6S. The van der Waals surface area contributed by atoms with Gasteiger partial charge in [-0.15, -0.1) is 11.8 Å². The predicted octanol–water partition coefficient (Wildman–Crippen LogP) is 5.14. The monoisotopic (exact) mass is 572 g/mol. The molecule has 0 atom stereocenters. The minimum Gasteiger partial charge on any atom is -0.493 e. The zero-order valence-corrected chi connectivity index (χ0v) is 23.4. The lowest BCUT2D eigenvalue weighted by molar-refractivity contribution is -0.114. The summed E-state index contributed by atoms with van der Waals surface area (Å²) in [6.07, 6.45) is 1.55. The molecule has 3 aromatic carbocycles. The predicted molar refractivity (Wildman–Crippen MR) is 157 cm³/mol. The molecular weight excluding hydrogens is 544 g/mol. The summed E-state index contributed by atoms with van der Waals surface area (Å²) in [5.74, 6) is 0.847. The number of hydrogen-bond acceptors (Lipinski definition) is 8. The SMILES string of the molecule is COc1ccc(/C=C(/NC(=O)c2ccccc2)C(=O)Nc2cccc(SCC(=O)Nc3cc(C)on3)c2)cc1OC. The van der Waals surface area contributed by atoms with Crippen molar-refractivity contribution in [1.82, 2.24) is 10.5 Å². The van der Waals surface area contributed by atoms with Gasteiger partial charge in [0.05, 0.1) is 20.0 Å². The molecule has 4 rings (SSSR count). The lowest BCUT2D eigenvalue weighted by atomic mass is 10.1. The number of ether oxygens (including phenoxy) is 2. The van der Waals surface area contributed by atoms with Gasteiger partial charge in [0.1, 0.15) is 11.5 Å². The Morgan fingerprint density at radius 1 is 0.902 bits per heavy atom. The summed E-state index contributed by atoms with van der Waals surface area (Å²) in [5.41, 5.74) is 1.51. The van der Waals surface area contributed by atoms with Crippen molar-refractivity contribution in [3.8, 4) is 11.5 Å². The van der Waals surface area contributed by atoms with Crippen molar-refractivity contribution in [1.29, 1.82) is 0 Å². The van der Waals surface area contributed by atoms with Gasteiger partial charge in [-0.2, -0.15) is 0 Å². The van der Waals surface area contributed by atoms with Crippen LogP contribution in [0.15, 0.2) is 94.0 Å². The lowest BCUT2D eigenvalue weighted by Gasteiger charge is -2.13. The van der Waals surface area contributed by atoms with E-state index in [-0.39, 0.29) is 17.4 Å². The number of nitrogens with one attached hydrogen (secondary N) is 3. The molecule has 1 aromatic heterocycles. The highest BCUT2D eigenvalue weighted by Crippen LogP contribution is 2.28. The van der Waals surface area contributed by atoms with Gasteiger partial charge in [-0.05, 0) is 61.0 Å². The number of methoxy groups -OCH3 is 2. The number of anilines is 2. The summed E-state index contributed by atoms with van der Waals surface area (Å²) in [6.45, 7) is 1.73. The third-order valence-corrected chi connectivity index (χ3v) is 6.60. The summed E-state index contributed by atoms with van der Waals surface area (Å²) < 4.78 is 15.6. The first-order chi connectivity index (χ1) is 19.8. The first-order valence-corrected chi connectivity index (χ1v) is 13.4. The van der Waals surface area contributed by atoms with E-state index in [1.54, 1.807) is 85.8 Å². The van der Waals surface area contributed by atoms with Gasteiger partial charge < -0.3 is 29.9 Å². The Kier molecular flexibility index (Phi) is 9.79. The zero-order valence-electron chi connectivity index (χ0n) is 22.6. The molecule has 0 radical (unpaired) electrons. The van der Waals surface area contributed by atoms with Crippen molar-refractivity contribution in [2.24, 2.45) is 0 Å². The number of carbonyl (C=O) groups excluding carboxylic acids is 3. The number of thioether (sulfide) groups is 1. The largest absolute Gasteiger partial charge is 0.493 e. The van der Waals surface area contributed by atoms with Crippen LogP contribution in [0.25, 0.3) is 6.08 Å². The molecule has 3 N–H and O–H groups in total. The molecule has 11 heteroatoms. The summed E-state index contributed by atoms with van der Waals surface area (Å²) in [4.78, 5) is 39.4. The van der Waals surface area contributed by atoms with E-state index in [9.17, 15) is 14.4 Å². The highest BCUT2D eigenvalue weighted by Gasteiger charge is 2.16. The van der Waals surface area contributed by atoms with Crippen LogP contribution in [-0.2, 0) is 9.59 Å². The smallest absolute Gasteiger partial charge is 0.272 e. The maximum Gasteiger partial charge on any atom is 0.272 e. The topological polar surface area (TPSA) is 132 Å². The fraction of sp³-hybridized carbons (Fsp3) is 0.133. The van der Waals surface area contributed by atoms with Crippen LogP contribution in [0, 0.1) is 6.92 Å². The summed E-state index contributed by atoms with van der Waals surface area (Å²) in [5, 5.41) is 12.0. The van der Waals surface area contributed by atoms with Crippen molar-refractivity contribution in [2.45, 2.75) is 11.8 Å². The van der Waals surface area contributed by atoms with Crippen LogP contribution in [0.5, 0.6) is 11.5 Å². The van der Waals surface area contributed by atoms with Crippen molar-refractivity contribution in [3.05, 3.63) is 101 Å². The second kappa shape index (κ2) is 13.9. The Labute approximate surface area is 241 Å². The molecule has 0 unspecified atom stereocenters. The minimum absolute atomic E-state index is 0.0198. The third-order valence-electron chi connectivity index (χ3n) is 5.60. The average Bonchev–Trinajstić information content (AvgIpc) is 3.40. The van der Waals surface area contributed by atoms with Gasteiger partial charge in [0, 0.05) is 22.2 Å². The number of benzene rings is 3. The van der Waals surface area contributed by atoms with Gasteiger partial charge in [-0.25, -0.2) is 0 Å². The third kappa shape index (κ3) is 8.23. The van der Waals surface area contributed by atoms with Crippen LogP contribution in [0.1, 0.15) is 21.7 Å². The van der Waals surface area contributed by atoms with E-state index < -0.39 is 11.8 Å². The van der Waals surface area contributed by atoms with Crippen LogP contribution >= 0.6 is 11.8 Å². The molecule has 0 aliphatic heterocycles. The Hall–Kier alpha value is -5.03. The van der Waals surface area contributed by atoms with E-state index in [2.05, 4.69) is 21.1 Å². The lowest BCUT2D eigenvalue weighted by Crippen LogP contribution is -2.30. The number of nitrogens with zero attached hydrogens (tertiary/aromatic N) is 1. The first kappa shape index (κ1) is 29.0. The standard InChI is InChI=1S/C30H28N4O6S/c1-19-14-27(34-40-19)33-28(35)18-41-23-11-7-10-22(17-23)31-30(37)24(32-29(36)21-8-5-4-6-9-21)15-20-12-13-25(38-2)26(16-20)39-3/h4-17H,18H2,1-3H3,(H,31,37)(H,32,36)(H,33,34,35)/b24-15+. The fourth-order valence-corrected chi connectivity index (χ4v) is 4.42. The van der Waals surface area contributed by atoms with Crippen LogP contribution in [0.4, 0.5) is 11.5 Å². The van der Waals surface area contributed by atoms with E-state index >= 15 is 0 Å². The molecule has 41 heavy (non-hydrogen) atoms. The van der Waals surface area contributed by atoms with Gasteiger partial charge >= 0.3 is 0 Å². The quantitative estimate of drug-likeness (QED) is 0.166. The number of aryl methyl sites for hydroxylation is 1.